The van der Waals surface area contributed by atoms with Crippen molar-refractivity contribution in [2.24, 2.45) is 11.8 Å². The maximum Gasteiger partial charge on any atom is 0.192 e. The van der Waals surface area contributed by atoms with Gasteiger partial charge in [-0.05, 0) is 18.1 Å². The first kappa shape index (κ1) is 14.0. The van der Waals surface area contributed by atoms with Crippen LogP contribution < -0.4 is 0 Å². The van der Waals surface area contributed by atoms with Crippen LogP contribution in [0, 0.1) is 11.8 Å². The maximum atomic E-state index is 6.59. The predicted octanol–water partition coefficient (Wildman–Crippen LogP) is 3.76. The topological polar surface area (TPSA) is 21.8 Å². The van der Waals surface area contributed by atoms with E-state index in [0.717, 1.165) is 0 Å². The summed E-state index contributed by atoms with van der Waals surface area (Å²) in [4.78, 5) is 0. The van der Waals surface area contributed by atoms with Crippen molar-refractivity contribution in [2.45, 2.75) is 57.2 Å². The molecule has 1 aliphatic carbocycles. The Morgan fingerprint density at radius 3 is 1.83 bits per heavy atom. The summed E-state index contributed by atoms with van der Waals surface area (Å²) in [5, 5.41) is 0.234. The molecule has 0 aromatic rings. The zero-order chi connectivity index (χ0) is 13.7. The summed E-state index contributed by atoms with van der Waals surface area (Å²) in [7, 11) is -1.75. The fourth-order valence-corrected chi connectivity index (χ4v) is 3.94. The Morgan fingerprint density at radius 2 is 1.50 bits per heavy atom. The molecule has 1 aliphatic heterocycles. The summed E-state index contributed by atoms with van der Waals surface area (Å²) in [6, 6.07) is 0. The number of fused-ring (bicyclic) bond motifs is 1. The van der Waals surface area contributed by atoms with Gasteiger partial charge in [-0.15, -0.1) is 13.2 Å². The van der Waals surface area contributed by atoms with Crippen LogP contribution in [-0.2, 0) is 9.16 Å². The van der Waals surface area contributed by atoms with Gasteiger partial charge in [0.2, 0.25) is 0 Å². The van der Waals surface area contributed by atoms with Crippen molar-refractivity contribution in [3.63, 3.8) is 0 Å². The summed E-state index contributed by atoms with van der Waals surface area (Å²) in [5.41, 5.74) is 0. The van der Waals surface area contributed by atoms with Gasteiger partial charge >= 0.3 is 0 Å². The van der Waals surface area contributed by atoms with Gasteiger partial charge in [0.25, 0.3) is 0 Å². The number of epoxide rings is 1. The van der Waals surface area contributed by atoms with Crippen LogP contribution in [-0.4, -0.2) is 26.6 Å². The fraction of sp³-hybridized carbons (Fsp3) is 0.733. The number of hydrogen-bond acceptors (Lipinski definition) is 2. The second-order valence-corrected chi connectivity index (χ2v) is 11.8. The highest BCUT2D eigenvalue weighted by Crippen LogP contribution is 2.51. The first-order valence-electron chi connectivity index (χ1n) is 6.81. The third kappa shape index (κ3) is 2.13. The molecule has 0 bridgehead atoms. The molecule has 102 valence electrons. The van der Waals surface area contributed by atoms with E-state index >= 15 is 0 Å². The third-order valence-electron chi connectivity index (χ3n) is 4.86. The number of ether oxygens (including phenoxy) is 1. The smallest absolute Gasteiger partial charge is 0.192 e. The molecule has 18 heavy (non-hydrogen) atoms. The molecule has 0 spiro atoms. The normalized spacial score (nSPS) is 39.3. The van der Waals surface area contributed by atoms with Crippen molar-refractivity contribution >= 4 is 8.32 Å². The van der Waals surface area contributed by atoms with E-state index < -0.39 is 8.32 Å². The Kier molecular flexibility index (Phi) is 3.37. The van der Waals surface area contributed by atoms with E-state index in [-0.39, 0.29) is 11.1 Å². The Labute approximate surface area is 112 Å². The Bertz CT molecular complexity index is 336. The molecule has 0 aromatic heterocycles. The zero-order valence-electron chi connectivity index (χ0n) is 12.3. The standard InChI is InChI=1S/C15H26O2Si/c1-8-10-12(11(9-2)14-13(10)16-14)17-18(6,7)15(3,4)5/h8-14H,1-2H2,3-7H3/t10-,11+,12?,13+,14-. The summed E-state index contributed by atoms with van der Waals surface area (Å²) in [6.45, 7) is 19.3. The van der Waals surface area contributed by atoms with Gasteiger partial charge in [0, 0.05) is 11.8 Å². The van der Waals surface area contributed by atoms with Crippen LogP contribution in [0.3, 0.4) is 0 Å². The highest BCUT2D eigenvalue weighted by atomic mass is 28.4. The molecule has 1 unspecified atom stereocenters. The first-order valence-corrected chi connectivity index (χ1v) is 9.72. The SMILES string of the molecule is C=C[C@@H]1C(O[Si](C)(C)C(C)(C)C)[C@H](C=C)[C@H]2O[C@H]21. The van der Waals surface area contributed by atoms with E-state index in [1.807, 2.05) is 12.2 Å². The Balaban J connectivity index is 2.17. The van der Waals surface area contributed by atoms with E-state index in [2.05, 4.69) is 47.0 Å². The van der Waals surface area contributed by atoms with E-state index in [4.69, 9.17) is 9.16 Å². The molecule has 5 atom stereocenters. The molecule has 2 rings (SSSR count). The van der Waals surface area contributed by atoms with Gasteiger partial charge in [0.1, 0.15) is 0 Å². The van der Waals surface area contributed by atoms with Crippen molar-refractivity contribution in [1.29, 1.82) is 0 Å². The maximum absolute atomic E-state index is 6.59. The fourth-order valence-electron chi connectivity index (χ4n) is 2.60. The van der Waals surface area contributed by atoms with E-state index in [0.29, 0.717) is 24.0 Å². The summed E-state index contributed by atoms with van der Waals surface area (Å²) < 4.78 is 12.3. The minimum atomic E-state index is -1.75. The lowest BCUT2D eigenvalue weighted by Crippen LogP contribution is -2.47. The lowest BCUT2D eigenvalue weighted by Gasteiger charge is -2.41. The average Bonchev–Trinajstić information content (AvgIpc) is 2.93. The van der Waals surface area contributed by atoms with E-state index in [1.165, 1.54) is 0 Å². The second-order valence-electron chi connectivity index (χ2n) is 7.03. The van der Waals surface area contributed by atoms with Gasteiger partial charge in [-0.25, -0.2) is 0 Å². The van der Waals surface area contributed by atoms with E-state index in [9.17, 15) is 0 Å². The van der Waals surface area contributed by atoms with Crippen molar-refractivity contribution in [3.05, 3.63) is 25.3 Å². The number of hydrogen-bond donors (Lipinski definition) is 0. The number of rotatable bonds is 4. The van der Waals surface area contributed by atoms with Gasteiger partial charge in [-0.2, -0.15) is 0 Å². The molecule has 3 heteroatoms. The third-order valence-corrected chi connectivity index (χ3v) is 9.33. The molecule has 0 N–H and O–H groups in total. The largest absolute Gasteiger partial charge is 0.413 e. The van der Waals surface area contributed by atoms with Crippen LogP contribution in [0.15, 0.2) is 25.3 Å². The summed E-state index contributed by atoms with van der Waals surface area (Å²) in [6.07, 6.45) is 4.86. The van der Waals surface area contributed by atoms with Crippen molar-refractivity contribution in [2.75, 3.05) is 0 Å². The molecule has 0 aromatic carbocycles. The minimum Gasteiger partial charge on any atom is -0.413 e. The highest BCUT2D eigenvalue weighted by Gasteiger charge is 2.61. The monoisotopic (exact) mass is 266 g/mol. The molecule has 0 radical (unpaired) electrons. The van der Waals surface area contributed by atoms with Crippen LogP contribution >= 0.6 is 0 Å². The lowest BCUT2D eigenvalue weighted by atomic mass is 9.99. The van der Waals surface area contributed by atoms with Gasteiger partial charge < -0.3 is 9.16 Å². The van der Waals surface area contributed by atoms with E-state index in [1.54, 1.807) is 0 Å². The highest BCUT2D eigenvalue weighted by molar-refractivity contribution is 6.74. The second kappa shape index (κ2) is 4.32. The molecule has 2 fully saturated rings. The summed E-state index contributed by atoms with van der Waals surface area (Å²) >= 11 is 0. The molecule has 0 amide bonds. The van der Waals surface area contributed by atoms with Crippen molar-refractivity contribution < 1.29 is 9.16 Å². The van der Waals surface area contributed by atoms with Gasteiger partial charge in [0.15, 0.2) is 8.32 Å². The lowest BCUT2D eigenvalue weighted by molar-refractivity contribution is 0.0736. The van der Waals surface area contributed by atoms with Crippen molar-refractivity contribution in [1.82, 2.24) is 0 Å². The first-order chi connectivity index (χ1) is 8.23. The van der Waals surface area contributed by atoms with Crippen LogP contribution in [0.25, 0.3) is 0 Å². The Morgan fingerprint density at radius 1 is 1.06 bits per heavy atom. The van der Waals surface area contributed by atoms with Crippen LogP contribution in [0.1, 0.15) is 20.8 Å². The Hall–Kier alpha value is -0.383. The van der Waals surface area contributed by atoms with Crippen LogP contribution in [0.2, 0.25) is 18.1 Å². The average molecular weight is 266 g/mol. The molecule has 1 saturated carbocycles. The molecule has 2 nitrogen and oxygen atoms in total. The van der Waals surface area contributed by atoms with Crippen molar-refractivity contribution in [3.8, 4) is 0 Å². The molecular weight excluding hydrogens is 240 g/mol. The molecule has 1 heterocycles. The molecule has 1 saturated heterocycles. The quantitative estimate of drug-likeness (QED) is 0.439. The van der Waals surface area contributed by atoms with Gasteiger partial charge in [-0.1, -0.05) is 32.9 Å². The van der Waals surface area contributed by atoms with Gasteiger partial charge in [0.05, 0.1) is 18.3 Å². The van der Waals surface area contributed by atoms with Crippen LogP contribution in [0.5, 0.6) is 0 Å². The zero-order valence-corrected chi connectivity index (χ0v) is 13.3. The summed E-state index contributed by atoms with van der Waals surface area (Å²) in [5.74, 6) is 0.652. The minimum absolute atomic E-state index is 0.213. The van der Waals surface area contributed by atoms with Gasteiger partial charge in [-0.3, -0.25) is 0 Å². The predicted molar refractivity (Wildman–Crippen MR) is 78.1 cm³/mol. The molecular formula is C15H26O2Si. The van der Waals surface area contributed by atoms with Crippen LogP contribution in [0.4, 0.5) is 0 Å². The molecule has 2 aliphatic rings.